The maximum atomic E-state index is 13.1. The molecule has 2 rings (SSSR count). The molecule has 0 bridgehead atoms. The maximum Gasteiger partial charge on any atom is 0.261 e. The van der Waals surface area contributed by atoms with E-state index in [0.29, 0.717) is 18.7 Å². The van der Waals surface area contributed by atoms with Gasteiger partial charge in [0.15, 0.2) is 6.61 Å². The molecular weight excluding hydrogens is 364 g/mol. The minimum absolute atomic E-state index is 0.0108. The normalized spacial score (nSPS) is 11.8. The van der Waals surface area contributed by atoms with Gasteiger partial charge in [-0.05, 0) is 51.3 Å². The predicted octanol–water partition coefficient (Wildman–Crippen LogP) is 4.01. The van der Waals surface area contributed by atoms with Gasteiger partial charge in [0, 0.05) is 12.6 Å². The van der Waals surface area contributed by atoms with Gasteiger partial charge >= 0.3 is 0 Å². The number of aryl methyl sites for hydroxylation is 2. The number of nitrogens with zero attached hydrogens (tertiary/aromatic N) is 1. The quantitative estimate of drug-likeness (QED) is 0.697. The van der Waals surface area contributed by atoms with Crippen LogP contribution in [0.1, 0.15) is 43.9 Å². The standard InChI is InChI=1S/C24H32N2O3/c1-6-21(24(28)25-17(2)3)26(15-20-10-8-7-9-11-20)23(27)16-29-22-13-12-18(4)14-19(22)5/h7-14,17,21H,6,15-16H2,1-5H3,(H,25,28). The molecule has 0 radical (unpaired) electrons. The monoisotopic (exact) mass is 396 g/mol. The predicted molar refractivity (Wildman–Crippen MR) is 116 cm³/mol. The SMILES string of the molecule is CCC(C(=O)NC(C)C)N(Cc1ccccc1)C(=O)COc1ccc(C)cc1C. The molecular formula is C24H32N2O3. The second kappa shape index (κ2) is 10.6. The smallest absolute Gasteiger partial charge is 0.261 e. The summed E-state index contributed by atoms with van der Waals surface area (Å²) in [5, 5.41) is 2.93. The molecule has 1 N–H and O–H groups in total. The van der Waals surface area contributed by atoms with Crippen LogP contribution in [0.3, 0.4) is 0 Å². The number of rotatable bonds is 9. The van der Waals surface area contributed by atoms with Crippen LogP contribution < -0.4 is 10.1 Å². The molecule has 2 aromatic carbocycles. The number of nitrogens with one attached hydrogen (secondary N) is 1. The van der Waals surface area contributed by atoms with Crippen molar-refractivity contribution < 1.29 is 14.3 Å². The number of carbonyl (C=O) groups excluding carboxylic acids is 2. The molecule has 0 saturated carbocycles. The summed E-state index contributed by atoms with van der Waals surface area (Å²) in [4.78, 5) is 27.5. The van der Waals surface area contributed by atoms with E-state index in [9.17, 15) is 9.59 Å². The van der Waals surface area contributed by atoms with Crippen molar-refractivity contribution in [1.82, 2.24) is 10.2 Å². The van der Waals surface area contributed by atoms with Gasteiger partial charge in [-0.1, -0.05) is 55.0 Å². The fourth-order valence-corrected chi connectivity index (χ4v) is 3.26. The Hall–Kier alpha value is -2.82. The van der Waals surface area contributed by atoms with Gasteiger partial charge in [-0.25, -0.2) is 0 Å². The molecule has 5 heteroatoms. The second-order valence-corrected chi connectivity index (χ2v) is 7.65. The van der Waals surface area contributed by atoms with E-state index >= 15 is 0 Å². The van der Waals surface area contributed by atoms with Crippen molar-refractivity contribution in [2.75, 3.05) is 6.61 Å². The van der Waals surface area contributed by atoms with Gasteiger partial charge in [0.1, 0.15) is 11.8 Å². The summed E-state index contributed by atoms with van der Waals surface area (Å²) >= 11 is 0. The number of amides is 2. The van der Waals surface area contributed by atoms with Crippen molar-refractivity contribution in [1.29, 1.82) is 0 Å². The van der Waals surface area contributed by atoms with E-state index in [4.69, 9.17) is 4.74 Å². The third-order valence-corrected chi connectivity index (χ3v) is 4.69. The average Bonchev–Trinajstić information content (AvgIpc) is 2.67. The largest absolute Gasteiger partial charge is 0.483 e. The fourth-order valence-electron chi connectivity index (χ4n) is 3.26. The van der Waals surface area contributed by atoms with Crippen molar-refractivity contribution in [3.05, 3.63) is 65.2 Å². The first-order chi connectivity index (χ1) is 13.8. The molecule has 2 amide bonds. The summed E-state index contributed by atoms with van der Waals surface area (Å²) < 4.78 is 5.80. The summed E-state index contributed by atoms with van der Waals surface area (Å²) in [6.45, 7) is 9.97. The number of carbonyl (C=O) groups is 2. The minimum Gasteiger partial charge on any atom is -0.483 e. The van der Waals surface area contributed by atoms with Gasteiger partial charge < -0.3 is 15.0 Å². The van der Waals surface area contributed by atoms with Gasteiger partial charge in [0.05, 0.1) is 0 Å². The molecule has 0 heterocycles. The van der Waals surface area contributed by atoms with Gasteiger partial charge in [0.2, 0.25) is 5.91 Å². The van der Waals surface area contributed by atoms with Crippen molar-refractivity contribution >= 4 is 11.8 Å². The van der Waals surface area contributed by atoms with Gasteiger partial charge in [0.25, 0.3) is 5.91 Å². The zero-order valence-electron chi connectivity index (χ0n) is 18.1. The Morgan fingerprint density at radius 1 is 1.07 bits per heavy atom. The first-order valence-electron chi connectivity index (χ1n) is 10.2. The number of hydrogen-bond donors (Lipinski definition) is 1. The van der Waals surface area contributed by atoms with Crippen LogP contribution in [-0.2, 0) is 16.1 Å². The summed E-state index contributed by atoms with van der Waals surface area (Å²) in [6.07, 6.45) is 0.528. The number of hydrogen-bond acceptors (Lipinski definition) is 3. The lowest BCUT2D eigenvalue weighted by Crippen LogP contribution is -2.51. The van der Waals surface area contributed by atoms with Crippen LogP contribution in [0.2, 0.25) is 0 Å². The van der Waals surface area contributed by atoms with E-state index < -0.39 is 6.04 Å². The van der Waals surface area contributed by atoms with E-state index in [-0.39, 0.29) is 24.5 Å². The average molecular weight is 397 g/mol. The Balaban J connectivity index is 2.20. The third-order valence-electron chi connectivity index (χ3n) is 4.69. The van der Waals surface area contributed by atoms with Crippen LogP contribution >= 0.6 is 0 Å². The lowest BCUT2D eigenvalue weighted by atomic mass is 10.1. The summed E-state index contributed by atoms with van der Waals surface area (Å²) in [7, 11) is 0. The highest BCUT2D eigenvalue weighted by Crippen LogP contribution is 2.19. The lowest BCUT2D eigenvalue weighted by molar-refractivity contribution is -0.143. The molecule has 0 aromatic heterocycles. The van der Waals surface area contributed by atoms with E-state index in [2.05, 4.69) is 5.32 Å². The molecule has 29 heavy (non-hydrogen) atoms. The molecule has 0 aliphatic rings. The zero-order chi connectivity index (χ0) is 21.4. The van der Waals surface area contributed by atoms with Crippen molar-refractivity contribution in [2.45, 2.75) is 59.7 Å². The first kappa shape index (κ1) is 22.5. The lowest BCUT2D eigenvalue weighted by Gasteiger charge is -2.31. The van der Waals surface area contributed by atoms with Gasteiger partial charge in [-0.3, -0.25) is 9.59 Å². The van der Waals surface area contributed by atoms with E-state index in [1.54, 1.807) is 4.90 Å². The van der Waals surface area contributed by atoms with Crippen LogP contribution in [0.5, 0.6) is 5.75 Å². The molecule has 0 saturated heterocycles. The molecule has 1 unspecified atom stereocenters. The van der Waals surface area contributed by atoms with Gasteiger partial charge in [-0.2, -0.15) is 0 Å². The van der Waals surface area contributed by atoms with Crippen LogP contribution in [0.4, 0.5) is 0 Å². The minimum atomic E-state index is -0.548. The first-order valence-corrected chi connectivity index (χ1v) is 10.2. The van der Waals surface area contributed by atoms with E-state index in [1.165, 1.54) is 0 Å². The Kier molecular flexibility index (Phi) is 8.25. The van der Waals surface area contributed by atoms with Crippen LogP contribution in [0.15, 0.2) is 48.5 Å². The molecule has 2 aromatic rings. The Morgan fingerprint density at radius 2 is 1.76 bits per heavy atom. The van der Waals surface area contributed by atoms with Crippen molar-refractivity contribution in [3.8, 4) is 5.75 Å². The molecule has 5 nitrogen and oxygen atoms in total. The highest BCUT2D eigenvalue weighted by molar-refractivity contribution is 5.88. The molecule has 0 aliphatic carbocycles. The van der Waals surface area contributed by atoms with E-state index in [1.807, 2.05) is 83.1 Å². The maximum absolute atomic E-state index is 13.1. The molecule has 0 aliphatic heterocycles. The number of benzene rings is 2. The molecule has 0 spiro atoms. The third kappa shape index (κ3) is 6.63. The van der Waals surface area contributed by atoms with Gasteiger partial charge in [-0.15, -0.1) is 0 Å². The van der Waals surface area contributed by atoms with E-state index in [0.717, 1.165) is 16.7 Å². The van der Waals surface area contributed by atoms with Crippen LogP contribution in [0, 0.1) is 13.8 Å². The Bertz CT molecular complexity index is 818. The van der Waals surface area contributed by atoms with Crippen molar-refractivity contribution in [2.24, 2.45) is 0 Å². The second-order valence-electron chi connectivity index (χ2n) is 7.65. The summed E-state index contributed by atoms with van der Waals surface area (Å²) in [6, 6.07) is 15.0. The highest BCUT2D eigenvalue weighted by atomic mass is 16.5. The highest BCUT2D eigenvalue weighted by Gasteiger charge is 2.29. The number of ether oxygens (including phenoxy) is 1. The summed E-state index contributed by atoms with van der Waals surface area (Å²) in [5.41, 5.74) is 3.10. The molecule has 0 fully saturated rings. The van der Waals surface area contributed by atoms with Crippen molar-refractivity contribution in [3.63, 3.8) is 0 Å². The Morgan fingerprint density at radius 3 is 2.34 bits per heavy atom. The van der Waals surface area contributed by atoms with Crippen LogP contribution in [0.25, 0.3) is 0 Å². The zero-order valence-corrected chi connectivity index (χ0v) is 18.1. The fraction of sp³-hybridized carbons (Fsp3) is 0.417. The summed E-state index contributed by atoms with van der Waals surface area (Å²) in [5.74, 6) is 0.334. The molecule has 1 atom stereocenters. The van der Waals surface area contributed by atoms with Crippen LogP contribution in [-0.4, -0.2) is 35.4 Å². The topological polar surface area (TPSA) is 58.6 Å². The Labute approximate surface area is 174 Å². The molecule has 156 valence electrons.